The van der Waals surface area contributed by atoms with Crippen LogP contribution in [0.1, 0.15) is 33.6 Å². The summed E-state index contributed by atoms with van der Waals surface area (Å²) in [6.07, 6.45) is 3.73. The molecule has 0 fully saturated rings. The van der Waals surface area contributed by atoms with E-state index < -0.39 is 0 Å². The van der Waals surface area contributed by atoms with Gasteiger partial charge in [0.05, 0.1) is 56.9 Å². The lowest BCUT2D eigenvalue weighted by atomic mass is 10.0. The van der Waals surface area contributed by atoms with Gasteiger partial charge >= 0.3 is 0 Å². The topological polar surface area (TPSA) is 231 Å². The summed E-state index contributed by atoms with van der Waals surface area (Å²) in [5, 5.41) is 18.4. The number of benzene rings is 9. The van der Waals surface area contributed by atoms with E-state index in [9.17, 15) is 9.59 Å². The highest BCUT2D eigenvalue weighted by Crippen LogP contribution is 2.33. The number of ether oxygens (including phenoxy) is 1. The summed E-state index contributed by atoms with van der Waals surface area (Å²) >= 11 is 0. The third kappa shape index (κ3) is 13.5. The van der Waals surface area contributed by atoms with Gasteiger partial charge in [-0.15, -0.1) is 5.10 Å². The van der Waals surface area contributed by atoms with E-state index in [4.69, 9.17) is 24.7 Å². The lowest BCUT2D eigenvalue weighted by Crippen LogP contribution is -2.31. The molecule has 14 aromatic rings. The number of fused-ring (bicyclic) bond motifs is 4. The number of aromatic nitrogens is 11. The van der Waals surface area contributed by atoms with Crippen molar-refractivity contribution in [3.05, 3.63) is 211 Å². The molecule has 5 heterocycles. The van der Waals surface area contributed by atoms with Crippen molar-refractivity contribution in [3.8, 4) is 84.8 Å². The number of carbonyl (C=O) groups is 2. The third-order valence-corrected chi connectivity index (χ3v) is 16.4. The molecule has 7 N–H and O–H groups in total. The predicted molar refractivity (Wildman–Crippen MR) is 370 cm³/mol. The first-order valence-corrected chi connectivity index (χ1v) is 31.1. The van der Waals surface area contributed by atoms with Crippen LogP contribution in [0, 0.1) is 0 Å². The highest BCUT2D eigenvalue weighted by atomic mass is 16.5. The molecule has 19 heteroatoms. The second-order valence-electron chi connectivity index (χ2n) is 23.8. The molecular weight excluding hydrogens is 1160 g/mol. The Balaban J connectivity index is 0.542. The summed E-state index contributed by atoms with van der Waals surface area (Å²) in [5.41, 5.74) is 19.4. The molecule has 93 heavy (non-hydrogen) atoms. The summed E-state index contributed by atoms with van der Waals surface area (Å²) < 4.78 is 7.78. The Morgan fingerprint density at radius 1 is 0.452 bits per heavy atom. The predicted octanol–water partition coefficient (Wildman–Crippen LogP) is 13.8. The number of carbonyl (C=O) groups excluding carboxylic acids is 2. The van der Waals surface area contributed by atoms with Crippen LogP contribution in [0.3, 0.4) is 0 Å². The van der Waals surface area contributed by atoms with Crippen LogP contribution in [0.15, 0.2) is 200 Å². The van der Waals surface area contributed by atoms with E-state index >= 15 is 0 Å². The van der Waals surface area contributed by atoms with Gasteiger partial charge in [0.2, 0.25) is 0 Å². The Kier molecular flexibility index (Phi) is 16.6. The number of hydrogen-bond donors (Lipinski definition) is 7. The van der Waals surface area contributed by atoms with Crippen LogP contribution >= 0.6 is 0 Å². The highest BCUT2D eigenvalue weighted by molar-refractivity contribution is 6.05. The van der Waals surface area contributed by atoms with Crippen LogP contribution < -0.4 is 20.7 Å². The van der Waals surface area contributed by atoms with Crippen molar-refractivity contribution >= 4 is 67.3 Å². The third-order valence-electron chi connectivity index (χ3n) is 16.4. The first-order chi connectivity index (χ1) is 45.4. The lowest BCUT2D eigenvalue weighted by Gasteiger charge is -2.10. The quantitative estimate of drug-likeness (QED) is 0.0297. The van der Waals surface area contributed by atoms with E-state index in [0.29, 0.717) is 48.0 Å². The number of nitrogens with one attached hydrogen (secondary N) is 7. The number of likely N-dealkylation sites (N-methyl/N-ethyl adjacent to an activating group) is 1. The van der Waals surface area contributed by atoms with E-state index in [1.807, 2.05) is 127 Å². The smallest absolute Gasteiger partial charge is 0.255 e. The molecule has 0 radical (unpaired) electrons. The van der Waals surface area contributed by atoms with Crippen molar-refractivity contribution < 1.29 is 14.3 Å². The molecule has 0 saturated carbocycles. The van der Waals surface area contributed by atoms with Gasteiger partial charge in [0.15, 0.2) is 0 Å². The van der Waals surface area contributed by atoms with Crippen LogP contribution in [0.4, 0.5) is 11.4 Å². The molecule has 9 aromatic carbocycles. The van der Waals surface area contributed by atoms with Crippen molar-refractivity contribution in [1.82, 2.24) is 70.0 Å². The monoisotopic (exact) mass is 1230 g/mol. The number of nitrogens with zero attached hydrogens (tertiary/aromatic N) is 9. The number of hydrogen-bond acceptors (Lipinski definition) is 12. The van der Waals surface area contributed by atoms with Gasteiger partial charge in [0.25, 0.3) is 11.8 Å². The summed E-state index contributed by atoms with van der Waals surface area (Å²) in [7, 11) is 8.09. The van der Waals surface area contributed by atoms with Crippen LogP contribution in [-0.4, -0.2) is 137 Å². The molecule has 0 spiro atoms. The van der Waals surface area contributed by atoms with Gasteiger partial charge in [-0.05, 0) is 197 Å². The molecule has 0 aliphatic carbocycles. The molecular formula is C74H68N16O3. The Bertz CT molecular complexity index is 4980. The van der Waals surface area contributed by atoms with Crippen molar-refractivity contribution in [2.45, 2.75) is 19.4 Å². The standard InChI is InChI=1S/C74H68N16O3/c1-88(2)36-7-39-93-59-28-20-49(21-29-59)72-81-63-33-25-55(44-67(63)85-72)54-24-32-62-66(43-54)84-71(80-62)48-18-26-57(27-19-48)75-34-6-37-90-45-68(86-87-90)56-8-5-9-58(40-56)77-74(92)51-16-12-47(13-17-51)70-79-61-31-23-53(42-65(61)83-70)52-22-30-60-64(41-52)82-69(78-60)46-10-14-50(15-11-46)73(91)76-35-38-89(3)4/h5,8-33,40-45,75H,6-7,34-39H2,1-4H3,(H,76,91)(H,77,92)(H,78,82)(H,79,83)(H,80,84)(H,81,85). The van der Waals surface area contributed by atoms with E-state index in [1.54, 1.807) is 12.1 Å². The first kappa shape index (κ1) is 59.1. The Morgan fingerprint density at radius 2 is 0.903 bits per heavy atom. The molecule has 0 aliphatic rings. The van der Waals surface area contributed by atoms with Crippen LogP contribution in [0.25, 0.3) is 123 Å². The zero-order chi connectivity index (χ0) is 63.4. The van der Waals surface area contributed by atoms with E-state index in [2.05, 4.69) is 150 Å². The second-order valence-corrected chi connectivity index (χ2v) is 23.8. The average Bonchev–Trinajstić information content (AvgIpc) is 1.73. The number of H-pyrrole nitrogens is 4. The maximum Gasteiger partial charge on any atom is 0.255 e. The second kappa shape index (κ2) is 26.1. The zero-order valence-electron chi connectivity index (χ0n) is 52.0. The highest BCUT2D eigenvalue weighted by Gasteiger charge is 2.16. The lowest BCUT2D eigenvalue weighted by molar-refractivity contribution is 0.0950. The summed E-state index contributed by atoms with van der Waals surface area (Å²) in [6.45, 7) is 4.44. The largest absolute Gasteiger partial charge is 0.494 e. The van der Waals surface area contributed by atoms with Gasteiger partial charge in [0.1, 0.15) is 34.7 Å². The average molecular weight is 1230 g/mol. The minimum Gasteiger partial charge on any atom is -0.494 e. The van der Waals surface area contributed by atoms with E-state index in [0.717, 1.165) is 156 Å². The number of anilines is 2. The molecule has 0 bridgehead atoms. The van der Waals surface area contributed by atoms with Crippen molar-refractivity contribution in [1.29, 1.82) is 0 Å². The van der Waals surface area contributed by atoms with Gasteiger partial charge in [-0.25, -0.2) is 19.9 Å². The fraction of sp³-hybridized carbons (Fsp3) is 0.162. The molecule has 0 saturated heterocycles. The molecule has 0 atom stereocenters. The van der Waals surface area contributed by atoms with Crippen molar-refractivity contribution in [3.63, 3.8) is 0 Å². The van der Waals surface area contributed by atoms with Gasteiger partial charge in [-0.1, -0.05) is 65.9 Å². The van der Waals surface area contributed by atoms with Crippen LogP contribution in [0.2, 0.25) is 0 Å². The van der Waals surface area contributed by atoms with E-state index in [-0.39, 0.29) is 11.8 Å². The molecule has 19 nitrogen and oxygen atoms in total. The molecule has 2 amide bonds. The number of imidazole rings is 4. The summed E-state index contributed by atoms with van der Waals surface area (Å²) in [6, 6.07) is 63.9. The van der Waals surface area contributed by atoms with Crippen molar-refractivity contribution in [2.75, 3.05) is 71.6 Å². The normalized spacial score (nSPS) is 11.6. The number of amides is 2. The minimum absolute atomic E-state index is 0.0988. The molecule has 0 aliphatic heterocycles. The van der Waals surface area contributed by atoms with Gasteiger partial charge in [-0.3, -0.25) is 14.3 Å². The SMILES string of the molecule is CN(C)CCCOc1ccc(-c2nc3cc(-c4ccc5[nH]c(-c6ccc(NCCCn7cc(-c8cccc(NC(=O)c9ccc(-c%10nc%11cc(-c%12ccc%13[nH]c(-c%14ccc(C(=O)NCCN(C)C)cc%14)nc%13c%12)ccc%11[nH]%10)cc9)c8)nn7)cc6)nc5c4)ccc3[nH]2)cc1. The van der Waals surface area contributed by atoms with Crippen LogP contribution in [-0.2, 0) is 6.54 Å². The Labute approximate surface area is 536 Å². The summed E-state index contributed by atoms with van der Waals surface area (Å²) in [5.74, 6) is 3.58. The number of aromatic amines is 4. The fourth-order valence-electron chi connectivity index (χ4n) is 11.3. The molecule has 462 valence electrons. The van der Waals surface area contributed by atoms with E-state index in [1.165, 1.54) is 0 Å². The van der Waals surface area contributed by atoms with Gasteiger partial charge in [0, 0.05) is 83.0 Å². The molecule has 5 aromatic heterocycles. The molecule has 14 rings (SSSR count). The maximum atomic E-state index is 13.6. The first-order valence-electron chi connectivity index (χ1n) is 31.1. The Morgan fingerprint density at radius 3 is 1.39 bits per heavy atom. The Hall–Kier alpha value is -11.5. The van der Waals surface area contributed by atoms with Gasteiger partial charge < -0.3 is 50.4 Å². The zero-order valence-corrected chi connectivity index (χ0v) is 52.0. The maximum absolute atomic E-state index is 13.6. The van der Waals surface area contributed by atoms with Gasteiger partial charge in [-0.2, -0.15) is 0 Å². The fourth-order valence-corrected chi connectivity index (χ4v) is 11.3. The summed E-state index contributed by atoms with van der Waals surface area (Å²) in [4.78, 5) is 64.0. The van der Waals surface area contributed by atoms with Crippen LogP contribution in [0.5, 0.6) is 5.75 Å². The van der Waals surface area contributed by atoms with Crippen molar-refractivity contribution in [2.24, 2.45) is 0 Å². The minimum atomic E-state index is -0.233. The number of aryl methyl sites for hydroxylation is 1. The number of rotatable bonds is 23. The molecule has 0 unspecified atom stereocenters.